The number of allylic oxidation sites excluding steroid dienone is 1. The van der Waals surface area contributed by atoms with E-state index in [4.69, 9.17) is 0 Å². The molecule has 2 heterocycles. The lowest BCUT2D eigenvalue weighted by Crippen LogP contribution is -2.80. The molecule has 0 aromatic rings. The van der Waals surface area contributed by atoms with Gasteiger partial charge >= 0.3 is 6.03 Å². The van der Waals surface area contributed by atoms with Crippen molar-refractivity contribution >= 4 is 23.5 Å². The summed E-state index contributed by atoms with van der Waals surface area (Å²) in [4.78, 5) is 33.6. The molecule has 0 aromatic carbocycles. The van der Waals surface area contributed by atoms with Gasteiger partial charge in [-0.15, -0.1) is 0 Å². The Morgan fingerprint density at radius 2 is 1.94 bits per heavy atom. The molecule has 1 atom stereocenters. The van der Waals surface area contributed by atoms with E-state index in [0.717, 1.165) is 10.5 Å². The highest BCUT2D eigenvalue weighted by atomic mass is 16.2. The molecule has 6 nitrogen and oxygen atoms in total. The maximum Gasteiger partial charge on any atom is 0.417 e. The van der Waals surface area contributed by atoms with Gasteiger partial charge in [0.05, 0.1) is 19.0 Å². The van der Waals surface area contributed by atoms with Crippen molar-refractivity contribution in [2.24, 2.45) is 10.9 Å². The topological polar surface area (TPSA) is 67.0 Å². The van der Waals surface area contributed by atoms with Crippen LogP contribution in [0.1, 0.15) is 6.92 Å². The molecule has 0 bridgehead atoms. The fourth-order valence-electron chi connectivity index (χ4n) is 2.14. The number of nitrogens with one attached hydrogen (secondary N) is 1. The van der Waals surface area contributed by atoms with Crippen LogP contribution in [0, 0.1) is 5.92 Å². The third kappa shape index (κ3) is 1.48. The fourth-order valence-corrected chi connectivity index (χ4v) is 2.14. The van der Waals surface area contributed by atoms with Crippen LogP contribution in [0.15, 0.2) is 16.8 Å². The number of hydrogen-bond acceptors (Lipinski definition) is 3. The number of imide groups is 1. The molecule has 6 heteroatoms. The van der Waals surface area contributed by atoms with Crippen LogP contribution in [0.5, 0.6) is 0 Å². The van der Waals surface area contributed by atoms with Crippen LogP contribution >= 0.6 is 0 Å². The Morgan fingerprint density at radius 3 is 2.53 bits per heavy atom. The maximum atomic E-state index is 12.1. The van der Waals surface area contributed by atoms with E-state index in [2.05, 4.69) is 9.98 Å². The van der Waals surface area contributed by atoms with Gasteiger partial charge in [0.25, 0.3) is 11.7 Å². The van der Waals surface area contributed by atoms with Crippen LogP contribution in [0.25, 0.3) is 0 Å². The lowest BCUT2D eigenvalue weighted by Gasteiger charge is -2.32. The second-order valence-corrected chi connectivity index (χ2v) is 4.14. The average Bonchev–Trinajstić information content (AvgIpc) is 2.33. The minimum Gasteiger partial charge on any atom is -0.291 e. The molecular formula is C11H15N4O2+. The molecule has 0 spiro atoms. The SMILES string of the molecule is CN=C1C(C)=C[NH+]=C2C1C(=O)N(C)C(=O)N2C. The predicted octanol–water partition coefficient (Wildman–Crippen LogP) is -1.41. The quantitative estimate of drug-likeness (QED) is 0.561. The highest BCUT2D eigenvalue weighted by Crippen LogP contribution is 2.20. The molecule has 3 amide bonds. The van der Waals surface area contributed by atoms with E-state index < -0.39 is 5.92 Å². The molecule has 90 valence electrons. The fraction of sp³-hybridized carbons (Fsp3) is 0.455. The molecule has 0 radical (unpaired) electrons. The van der Waals surface area contributed by atoms with Gasteiger partial charge in [-0.1, -0.05) is 0 Å². The summed E-state index contributed by atoms with van der Waals surface area (Å²) in [5.74, 6) is -0.175. The molecule has 1 fully saturated rings. The Bertz CT molecular complexity index is 490. The lowest BCUT2D eigenvalue weighted by atomic mass is 9.91. The Hall–Kier alpha value is -1.98. The Kier molecular flexibility index (Phi) is 2.57. The summed E-state index contributed by atoms with van der Waals surface area (Å²) in [6.45, 7) is 1.88. The van der Waals surface area contributed by atoms with E-state index in [-0.39, 0.29) is 11.9 Å². The van der Waals surface area contributed by atoms with E-state index >= 15 is 0 Å². The number of nitrogens with zero attached hydrogens (tertiary/aromatic N) is 3. The zero-order chi connectivity index (χ0) is 12.7. The molecule has 2 aliphatic heterocycles. The normalized spacial score (nSPS) is 27.1. The van der Waals surface area contributed by atoms with Crippen LogP contribution < -0.4 is 4.99 Å². The van der Waals surface area contributed by atoms with Crippen molar-refractivity contribution in [1.29, 1.82) is 0 Å². The molecule has 17 heavy (non-hydrogen) atoms. The third-order valence-electron chi connectivity index (χ3n) is 3.14. The van der Waals surface area contributed by atoms with E-state index in [9.17, 15) is 9.59 Å². The number of amides is 3. The number of rotatable bonds is 0. The van der Waals surface area contributed by atoms with Crippen molar-refractivity contribution in [3.8, 4) is 0 Å². The standard InChI is InChI=1S/C11H14N4O2/c1-6-5-13-9-7(8(6)12-2)10(16)15(4)11(17)14(9)3/h5,7H,1-4H3/p+1. The van der Waals surface area contributed by atoms with Gasteiger partial charge in [0.2, 0.25) is 0 Å². The van der Waals surface area contributed by atoms with E-state index in [1.807, 2.05) is 6.92 Å². The zero-order valence-electron chi connectivity index (χ0n) is 10.3. The van der Waals surface area contributed by atoms with Crippen LogP contribution in [0.4, 0.5) is 4.79 Å². The summed E-state index contributed by atoms with van der Waals surface area (Å²) in [5, 5.41) is 0. The number of hydrogen-bond donors (Lipinski definition) is 1. The maximum absolute atomic E-state index is 12.1. The molecule has 0 saturated carbocycles. The van der Waals surface area contributed by atoms with Crippen molar-refractivity contribution in [3.05, 3.63) is 11.8 Å². The van der Waals surface area contributed by atoms with Crippen molar-refractivity contribution < 1.29 is 14.6 Å². The lowest BCUT2D eigenvalue weighted by molar-refractivity contribution is -0.383. The summed E-state index contributed by atoms with van der Waals surface area (Å²) in [5.41, 5.74) is 1.61. The Balaban J connectivity index is 2.56. The first kappa shape index (κ1) is 11.5. The van der Waals surface area contributed by atoms with E-state index in [1.54, 1.807) is 20.3 Å². The van der Waals surface area contributed by atoms with E-state index in [0.29, 0.717) is 11.5 Å². The van der Waals surface area contributed by atoms with Crippen LogP contribution in [-0.4, -0.2) is 54.4 Å². The van der Waals surface area contributed by atoms with Gasteiger partial charge < -0.3 is 0 Å². The molecular weight excluding hydrogens is 220 g/mol. The van der Waals surface area contributed by atoms with Crippen molar-refractivity contribution in [2.45, 2.75) is 6.92 Å². The summed E-state index contributed by atoms with van der Waals surface area (Å²) >= 11 is 0. The van der Waals surface area contributed by atoms with Gasteiger partial charge in [0.15, 0.2) is 5.92 Å². The Morgan fingerprint density at radius 1 is 1.29 bits per heavy atom. The highest BCUT2D eigenvalue weighted by Gasteiger charge is 2.50. The highest BCUT2D eigenvalue weighted by molar-refractivity contribution is 6.31. The summed E-state index contributed by atoms with van der Waals surface area (Å²) in [6.07, 6.45) is 1.76. The van der Waals surface area contributed by atoms with Crippen molar-refractivity contribution in [1.82, 2.24) is 9.80 Å². The smallest absolute Gasteiger partial charge is 0.291 e. The zero-order valence-corrected chi connectivity index (χ0v) is 10.3. The van der Waals surface area contributed by atoms with Gasteiger partial charge in [0, 0.05) is 19.7 Å². The number of aliphatic imine (C=N–C) groups is 1. The van der Waals surface area contributed by atoms with Crippen LogP contribution in [0.3, 0.4) is 0 Å². The van der Waals surface area contributed by atoms with Gasteiger partial charge in [0.1, 0.15) is 0 Å². The molecule has 1 unspecified atom stereocenters. The summed E-state index contributed by atoms with van der Waals surface area (Å²) < 4.78 is 0. The predicted molar refractivity (Wildman–Crippen MR) is 62.5 cm³/mol. The number of fused-ring (bicyclic) bond motifs is 1. The van der Waals surface area contributed by atoms with Crippen molar-refractivity contribution in [2.75, 3.05) is 21.1 Å². The minimum atomic E-state index is -0.502. The van der Waals surface area contributed by atoms with Crippen LogP contribution in [0.2, 0.25) is 0 Å². The average molecular weight is 235 g/mol. The first-order valence-corrected chi connectivity index (χ1v) is 5.31. The third-order valence-corrected chi connectivity index (χ3v) is 3.14. The largest absolute Gasteiger partial charge is 0.417 e. The summed E-state index contributed by atoms with van der Waals surface area (Å²) in [7, 11) is 4.78. The molecule has 2 aliphatic rings. The first-order valence-electron chi connectivity index (χ1n) is 5.31. The van der Waals surface area contributed by atoms with Gasteiger partial charge in [-0.2, -0.15) is 4.90 Å². The van der Waals surface area contributed by atoms with Gasteiger partial charge in [-0.3, -0.25) is 9.79 Å². The molecule has 0 aliphatic carbocycles. The molecule has 1 saturated heterocycles. The molecule has 1 N–H and O–H groups in total. The molecule has 2 rings (SSSR count). The second-order valence-electron chi connectivity index (χ2n) is 4.14. The summed E-state index contributed by atoms with van der Waals surface area (Å²) in [6, 6.07) is -0.336. The van der Waals surface area contributed by atoms with Gasteiger partial charge in [-0.05, 0) is 6.92 Å². The first-order chi connectivity index (χ1) is 7.99. The number of carbonyl (C=O) groups is 2. The number of carbonyl (C=O) groups excluding carboxylic acids is 2. The number of amidine groups is 1. The minimum absolute atomic E-state index is 0.247. The monoisotopic (exact) mass is 235 g/mol. The Labute approximate surface area is 99.3 Å². The van der Waals surface area contributed by atoms with Crippen LogP contribution in [-0.2, 0) is 4.79 Å². The van der Waals surface area contributed by atoms with Crippen molar-refractivity contribution in [3.63, 3.8) is 0 Å². The van der Waals surface area contributed by atoms with E-state index in [1.165, 1.54) is 11.9 Å². The van der Waals surface area contributed by atoms with Gasteiger partial charge in [-0.25, -0.2) is 14.7 Å². The second kappa shape index (κ2) is 3.80. The molecule has 0 aromatic heterocycles. The number of urea groups is 1.